The van der Waals surface area contributed by atoms with E-state index in [1.165, 1.54) is 0 Å². The Labute approximate surface area is 293 Å². The Morgan fingerprint density at radius 2 is 1.49 bits per heavy atom. The molecule has 1 aliphatic rings. The maximum atomic E-state index is 8.03. The van der Waals surface area contributed by atoms with E-state index in [9.17, 15) is 0 Å². The number of fused-ring (bicyclic) bond motifs is 4. The van der Waals surface area contributed by atoms with E-state index in [0.717, 1.165) is 55.9 Å². The first-order chi connectivity index (χ1) is 23.6. The molecule has 8 rings (SSSR count). The van der Waals surface area contributed by atoms with Crippen LogP contribution in [0, 0.1) is 19.0 Å². The maximum Gasteiger partial charge on any atom is 0.145 e. The molecule has 0 fully saturated rings. The zero-order valence-electron chi connectivity index (χ0n) is 29.1. The van der Waals surface area contributed by atoms with Gasteiger partial charge >= 0.3 is 0 Å². The topological polar surface area (TPSA) is 40.3 Å². The molecular formula is C40H34N5OPt-. The fraction of sp³-hybridized carbons (Fsp3) is 0.125. The summed E-state index contributed by atoms with van der Waals surface area (Å²) in [5.41, 5.74) is 7.08. The van der Waals surface area contributed by atoms with Gasteiger partial charge in [-0.2, -0.15) is 17.1 Å². The van der Waals surface area contributed by atoms with E-state index in [4.69, 9.17) is 9.05 Å². The molecule has 0 atom stereocenters. The summed E-state index contributed by atoms with van der Waals surface area (Å²) in [6, 6.07) is 47.3. The first-order valence-corrected chi connectivity index (χ1v) is 15.3. The van der Waals surface area contributed by atoms with Crippen molar-refractivity contribution >= 4 is 55.9 Å². The van der Waals surface area contributed by atoms with Gasteiger partial charge in [-0.1, -0.05) is 65.4 Å². The van der Waals surface area contributed by atoms with Crippen molar-refractivity contribution in [2.75, 3.05) is 15.0 Å². The Balaban J connectivity index is 0.00000392. The van der Waals surface area contributed by atoms with E-state index in [0.29, 0.717) is 5.82 Å². The van der Waals surface area contributed by atoms with Gasteiger partial charge in [0.15, 0.2) is 0 Å². The normalized spacial score (nSPS) is 14.0. The summed E-state index contributed by atoms with van der Waals surface area (Å²) in [6.07, 6.45) is 1.56. The number of nitrogens with zero attached hydrogens (tertiary/aromatic N) is 5. The molecule has 6 nitrogen and oxygen atoms in total. The average Bonchev–Trinajstić information content (AvgIpc) is 3.65. The molecule has 5 aromatic carbocycles. The number of benzene rings is 5. The Kier molecular flexibility index (Phi) is 6.97. The molecule has 0 spiro atoms. The van der Waals surface area contributed by atoms with Crippen molar-refractivity contribution in [3.05, 3.63) is 145 Å². The SMILES string of the molecule is [2H]C([2H])([2H])c1ccnc(-n2c3[c-]c(N(c4[c-]c(N5[OH+]N(C(C)(C)C)c6ccccc65)ccc4)c4ccccc4)ccc3c3ccccc32)c1.[Pt]. The van der Waals surface area contributed by atoms with Gasteiger partial charge in [0.25, 0.3) is 0 Å². The van der Waals surface area contributed by atoms with Crippen LogP contribution < -0.4 is 15.0 Å². The van der Waals surface area contributed by atoms with Crippen LogP contribution in [0.1, 0.15) is 30.4 Å². The van der Waals surface area contributed by atoms with Crippen LogP contribution >= 0.6 is 0 Å². The quantitative estimate of drug-likeness (QED) is 0.129. The van der Waals surface area contributed by atoms with Crippen LogP contribution in [0.3, 0.4) is 0 Å². The zero-order chi connectivity index (χ0) is 33.9. The van der Waals surface area contributed by atoms with E-state index >= 15 is 0 Å². The van der Waals surface area contributed by atoms with Gasteiger partial charge in [-0.3, -0.25) is 0 Å². The Morgan fingerprint density at radius 3 is 2.30 bits per heavy atom. The van der Waals surface area contributed by atoms with Gasteiger partial charge in [0, 0.05) is 48.3 Å². The summed E-state index contributed by atoms with van der Waals surface area (Å²) in [7, 11) is 0. The molecule has 0 amide bonds. The monoisotopic (exact) mass is 798 g/mol. The summed E-state index contributed by atoms with van der Waals surface area (Å²) >= 11 is 0. The summed E-state index contributed by atoms with van der Waals surface area (Å²) < 4.78 is 26.1. The van der Waals surface area contributed by atoms with Crippen molar-refractivity contribution in [1.29, 1.82) is 0 Å². The molecule has 0 aliphatic carbocycles. The molecule has 3 heterocycles. The number of para-hydroxylation sites is 4. The first kappa shape index (κ1) is 27.2. The van der Waals surface area contributed by atoms with Gasteiger partial charge in [0.05, 0.1) is 0 Å². The third-order valence-corrected chi connectivity index (χ3v) is 8.18. The molecule has 0 radical (unpaired) electrons. The van der Waals surface area contributed by atoms with Crippen molar-refractivity contribution in [2.24, 2.45) is 0 Å². The summed E-state index contributed by atoms with van der Waals surface area (Å²) in [6.45, 7) is 4.18. The summed E-state index contributed by atoms with van der Waals surface area (Å²) in [5, 5.41) is 6.01. The van der Waals surface area contributed by atoms with Gasteiger partial charge in [-0.15, -0.1) is 45.8 Å². The van der Waals surface area contributed by atoms with Crippen LogP contribution in [-0.2, 0) is 21.1 Å². The number of rotatable bonds is 5. The fourth-order valence-electron chi connectivity index (χ4n) is 6.16. The molecule has 7 heteroatoms. The predicted molar refractivity (Wildman–Crippen MR) is 188 cm³/mol. The summed E-state index contributed by atoms with van der Waals surface area (Å²) in [5.74, 6) is 0.519. The first-order valence-electron chi connectivity index (χ1n) is 16.8. The molecule has 0 bridgehead atoms. The van der Waals surface area contributed by atoms with Crippen LogP contribution in [0.4, 0.5) is 34.1 Å². The minimum absolute atomic E-state index is 0. The molecule has 2 aromatic heterocycles. The fourth-order valence-corrected chi connectivity index (χ4v) is 6.16. The van der Waals surface area contributed by atoms with Crippen molar-refractivity contribution in [2.45, 2.75) is 33.2 Å². The minimum Gasteiger partial charge on any atom is -0.358 e. The van der Waals surface area contributed by atoms with Gasteiger partial charge in [0.2, 0.25) is 0 Å². The average molecular weight is 799 g/mol. The molecule has 1 N–H and O–H groups in total. The second-order valence-electron chi connectivity index (χ2n) is 12.3. The Morgan fingerprint density at radius 1 is 0.745 bits per heavy atom. The molecule has 0 saturated heterocycles. The van der Waals surface area contributed by atoms with Crippen LogP contribution in [-0.4, -0.2) is 20.0 Å². The predicted octanol–water partition coefficient (Wildman–Crippen LogP) is 10.2. The second kappa shape index (κ2) is 12.0. The van der Waals surface area contributed by atoms with Crippen molar-refractivity contribution < 1.29 is 30.1 Å². The summed E-state index contributed by atoms with van der Waals surface area (Å²) in [4.78, 5) is 11.8. The van der Waals surface area contributed by atoms with E-state index in [-0.39, 0.29) is 32.2 Å². The Bertz CT molecular complexity index is 2330. The standard InChI is InChI=1S/C40H33N5O.Pt/c1-28-23-24-41-39(25-28)43-35-18-9-8-17-33(35)34-22-21-31(27-38(34)43)42(29-13-6-5-7-14-29)30-15-12-16-32(26-30)44-36-19-10-11-20-37(36)45(46-44)40(2,3)4;/h5-25H,1-4H3;/q-2;/p+1/i1D3;. The van der Waals surface area contributed by atoms with Crippen LogP contribution in [0.5, 0.6) is 0 Å². The number of hydroxylamine groups is 1. The third-order valence-electron chi connectivity index (χ3n) is 8.18. The Hall–Kier alpha value is -4.90. The molecule has 0 unspecified atom stereocenters. The maximum absolute atomic E-state index is 8.03. The van der Waals surface area contributed by atoms with Crippen molar-refractivity contribution in [1.82, 2.24) is 9.55 Å². The van der Waals surface area contributed by atoms with Crippen molar-refractivity contribution in [3.8, 4) is 5.82 Å². The molecule has 0 saturated carbocycles. The van der Waals surface area contributed by atoms with Crippen molar-refractivity contribution in [3.63, 3.8) is 0 Å². The number of aryl methyl sites for hydroxylation is 1. The number of hydrogen-bond donors (Lipinski definition) is 0. The van der Waals surface area contributed by atoms with Crippen LogP contribution in [0.15, 0.2) is 128 Å². The minimum atomic E-state index is -2.26. The number of hydrogen-bond acceptors (Lipinski definition) is 4. The third kappa shape index (κ3) is 5.38. The molecular weight excluding hydrogens is 762 g/mol. The smallest absolute Gasteiger partial charge is 0.145 e. The molecule has 1 aliphatic heterocycles. The van der Waals surface area contributed by atoms with Crippen LogP contribution in [0.25, 0.3) is 27.6 Å². The van der Waals surface area contributed by atoms with E-state index < -0.39 is 6.85 Å². The van der Waals surface area contributed by atoms with E-state index in [2.05, 4.69) is 85.3 Å². The largest absolute Gasteiger partial charge is 0.358 e. The number of aromatic nitrogens is 2. The van der Waals surface area contributed by atoms with Gasteiger partial charge in [0.1, 0.15) is 22.7 Å². The molecule has 7 aromatic rings. The van der Waals surface area contributed by atoms with E-state index in [1.54, 1.807) is 18.3 Å². The van der Waals surface area contributed by atoms with Gasteiger partial charge < -0.3 is 9.47 Å². The van der Waals surface area contributed by atoms with Gasteiger partial charge in [-0.05, 0) is 81.0 Å². The number of pyridine rings is 1. The second-order valence-corrected chi connectivity index (χ2v) is 12.3. The zero-order valence-corrected chi connectivity index (χ0v) is 28.4. The number of anilines is 6. The van der Waals surface area contributed by atoms with Crippen LogP contribution in [0.2, 0.25) is 0 Å². The van der Waals surface area contributed by atoms with Gasteiger partial charge in [-0.25, -0.2) is 4.98 Å². The molecule has 47 heavy (non-hydrogen) atoms. The van der Waals surface area contributed by atoms with E-state index in [1.807, 2.05) is 81.4 Å². The molecule has 236 valence electrons.